The van der Waals surface area contributed by atoms with Crippen LogP contribution in [0.4, 0.5) is 0 Å². The first-order chi connectivity index (χ1) is 16.0. The molecule has 1 fully saturated rings. The second-order valence-electron chi connectivity index (χ2n) is 7.91. The van der Waals surface area contributed by atoms with Crippen LogP contribution in [0.2, 0.25) is 0 Å². The maximum Gasteiger partial charge on any atom is 0.270 e. The Morgan fingerprint density at radius 2 is 2.03 bits per heavy atom. The zero-order valence-electron chi connectivity index (χ0n) is 17.5. The molecule has 0 saturated carbocycles. The van der Waals surface area contributed by atoms with E-state index in [1.807, 2.05) is 12.1 Å². The first-order valence-electron chi connectivity index (χ1n) is 10.5. The first-order valence-corrected chi connectivity index (χ1v) is 10.5. The van der Waals surface area contributed by atoms with Crippen LogP contribution in [0.1, 0.15) is 44.8 Å². The largest absolute Gasteiger partial charge is 0.347 e. The molecule has 2 aliphatic rings. The molecule has 1 atom stereocenters. The molecule has 4 heterocycles. The van der Waals surface area contributed by atoms with Crippen LogP contribution in [-0.2, 0) is 22.7 Å². The number of nitrogens with one attached hydrogen (secondary N) is 2. The van der Waals surface area contributed by atoms with E-state index >= 15 is 0 Å². The Labute approximate surface area is 188 Å². The van der Waals surface area contributed by atoms with Crippen LogP contribution in [0, 0.1) is 0 Å². The first kappa shape index (κ1) is 20.6. The van der Waals surface area contributed by atoms with Gasteiger partial charge in [0.15, 0.2) is 5.82 Å². The van der Waals surface area contributed by atoms with Crippen LogP contribution in [0.3, 0.4) is 0 Å². The van der Waals surface area contributed by atoms with Gasteiger partial charge in [-0.05, 0) is 41.8 Å². The number of imide groups is 1. The van der Waals surface area contributed by atoms with Gasteiger partial charge in [-0.25, -0.2) is 9.67 Å². The van der Waals surface area contributed by atoms with E-state index in [-0.39, 0.29) is 36.4 Å². The number of benzene rings is 1. The van der Waals surface area contributed by atoms with Crippen molar-refractivity contribution in [2.75, 3.05) is 0 Å². The summed E-state index contributed by atoms with van der Waals surface area (Å²) in [5.74, 6) is -0.820. The van der Waals surface area contributed by atoms with E-state index in [4.69, 9.17) is 0 Å². The van der Waals surface area contributed by atoms with Gasteiger partial charge < -0.3 is 10.2 Å². The number of aromatic nitrogens is 3. The van der Waals surface area contributed by atoms with Crippen LogP contribution >= 0.6 is 0 Å². The summed E-state index contributed by atoms with van der Waals surface area (Å²) in [5, 5.41) is 9.23. The maximum atomic E-state index is 12.9. The molecular weight excluding hydrogens is 424 g/mol. The van der Waals surface area contributed by atoms with Gasteiger partial charge in [0.05, 0.1) is 0 Å². The Kier molecular flexibility index (Phi) is 5.17. The topological polar surface area (TPSA) is 126 Å². The van der Waals surface area contributed by atoms with Crippen LogP contribution in [0.15, 0.2) is 54.9 Å². The summed E-state index contributed by atoms with van der Waals surface area (Å²) < 4.78 is 1.57. The van der Waals surface area contributed by atoms with Crippen molar-refractivity contribution in [1.29, 1.82) is 0 Å². The Hall–Kier alpha value is -4.34. The Morgan fingerprint density at radius 1 is 1.15 bits per heavy atom. The molecule has 3 aromatic rings. The van der Waals surface area contributed by atoms with Crippen LogP contribution in [0.5, 0.6) is 0 Å². The predicted molar refractivity (Wildman–Crippen MR) is 115 cm³/mol. The van der Waals surface area contributed by atoms with Crippen molar-refractivity contribution in [2.45, 2.75) is 32.0 Å². The summed E-state index contributed by atoms with van der Waals surface area (Å²) in [4.78, 5) is 55.0. The summed E-state index contributed by atoms with van der Waals surface area (Å²) in [7, 11) is 0. The fourth-order valence-electron chi connectivity index (χ4n) is 4.07. The number of amides is 4. The fourth-order valence-corrected chi connectivity index (χ4v) is 4.07. The monoisotopic (exact) mass is 444 g/mol. The van der Waals surface area contributed by atoms with Gasteiger partial charge in [0.1, 0.15) is 11.7 Å². The molecule has 2 aromatic heterocycles. The average molecular weight is 444 g/mol. The number of carbonyl (C=O) groups is 4. The van der Waals surface area contributed by atoms with E-state index < -0.39 is 11.9 Å². The van der Waals surface area contributed by atoms with Crippen molar-refractivity contribution in [3.05, 3.63) is 77.2 Å². The van der Waals surface area contributed by atoms with Crippen molar-refractivity contribution in [3.8, 4) is 5.82 Å². The standard InChI is InChI=1S/C23H20N6O4/c30-20-8-7-18(22(32)27-20)28-13-15-6-5-14(11-16(15)23(28)33)12-24-21(31)17-3-1-4-19(26-17)29-10-2-9-25-29/h1-6,9-11,18H,7-8,12-13H2,(H,24,31)(H,27,30,32). The highest BCUT2D eigenvalue weighted by molar-refractivity contribution is 6.05. The van der Waals surface area contributed by atoms with Gasteiger partial charge in [-0.1, -0.05) is 18.2 Å². The molecule has 0 spiro atoms. The zero-order valence-corrected chi connectivity index (χ0v) is 17.5. The minimum Gasteiger partial charge on any atom is -0.347 e. The minimum atomic E-state index is -0.654. The fraction of sp³-hybridized carbons (Fsp3) is 0.217. The van der Waals surface area contributed by atoms with E-state index in [0.29, 0.717) is 24.3 Å². The highest BCUT2D eigenvalue weighted by atomic mass is 16.2. The molecule has 0 radical (unpaired) electrons. The van der Waals surface area contributed by atoms with Gasteiger partial charge in [-0.15, -0.1) is 0 Å². The summed E-state index contributed by atoms with van der Waals surface area (Å²) >= 11 is 0. The molecule has 10 heteroatoms. The number of hydrogen-bond acceptors (Lipinski definition) is 6. The molecule has 4 amide bonds. The van der Waals surface area contributed by atoms with Gasteiger partial charge in [-0.3, -0.25) is 24.5 Å². The third-order valence-electron chi connectivity index (χ3n) is 5.75. The molecule has 0 aliphatic carbocycles. The lowest BCUT2D eigenvalue weighted by Gasteiger charge is -2.29. The smallest absolute Gasteiger partial charge is 0.270 e. The van der Waals surface area contributed by atoms with Gasteiger partial charge >= 0.3 is 0 Å². The van der Waals surface area contributed by atoms with E-state index in [9.17, 15) is 19.2 Å². The number of fused-ring (bicyclic) bond motifs is 1. The van der Waals surface area contributed by atoms with Crippen LogP contribution < -0.4 is 10.6 Å². The summed E-state index contributed by atoms with van der Waals surface area (Å²) in [5.41, 5.74) is 2.33. The Balaban J connectivity index is 1.26. The molecule has 2 aliphatic heterocycles. The van der Waals surface area contributed by atoms with Crippen molar-refractivity contribution in [2.24, 2.45) is 0 Å². The molecular formula is C23H20N6O4. The van der Waals surface area contributed by atoms with E-state index in [0.717, 1.165) is 11.1 Å². The van der Waals surface area contributed by atoms with Crippen LogP contribution in [0.25, 0.3) is 5.82 Å². The maximum absolute atomic E-state index is 12.9. The quantitative estimate of drug-likeness (QED) is 0.565. The van der Waals surface area contributed by atoms with Gasteiger partial charge in [0.25, 0.3) is 11.8 Å². The highest BCUT2D eigenvalue weighted by Crippen LogP contribution is 2.28. The predicted octanol–water partition coefficient (Wildman–Crippen LogP) is 0.958. The SMILES string of the molecule is O=C1CCC(N2Cc3ccc(CNC(=O)c4cccc(-n5cccn5)n4)cc3C2=O)C(=O)N1. The van der Waals surface area contributed by atoms with E-state index in [1.54, 1.807) is 47.4 Å². The van der Waals surface area contributed by atoms with Crippen molar-refractivity contribution in [3.63, 3.8) is 0 Å². The van der Waals surface area contributed by atoms with Crippen molar-refractivity contribution < 1.29 is 19.2 Å². The number of nitrogens with zero attached hydrogens (tertiary/aromatic N) is 4. The Morgan fingerprint density at radius 3 is 2.82 bits per heavy atom. The third kappa shape index (κ3) is 3.98. The number of piperidine rings is 1. The highest BCUT2D eigenvalue weighted by Gasteiger charge is 2.39. The molecule has 5 rings (SSSR count). The third-order valence-corrected chi connectivity index (χ3v) is 5.75. The molecule has 1 unspecified atom stereocenters. The van der Waals surface area contributed by atoms with Crippen molar-refractivity contribution in [1.82, 2.24) is 30.3 Å². The van der Waals surface area contributed by atoms with Gasteiger partial charge in [-0.2, -0.15) is 5.10 Å². The van der Waals surface area contributed by atoms with E-state index in [1.165, 1.54) is 4.90 Å². The van der Waals surface area contributed by atoms with Crippen molar-refractivity contribution >= 4 is 23.6 Å². The molecule has 10 nitrogen and oxygen atoms in total. The summed E-state index contributed by atoms with van der Waals surface area (Å²) in [6.45, 7) is 0.530. The minimum absolute atomic E-state index is 0.212. The molecule has 2 N–H and O–H groups in total. The lowest BCUT2D eigenvalue weighted by molar-refractivity contribution is -0.136. The summed E-state index contributed by atoms with van der Waals surface area (Å²) in [6.07, 6.45) is 3.90. The molecule has 33 heavy (non-hydrogen) atoms. The second kappa shape index (κ2) is 8.30. The Bertz CT molecular complexity index is 1270. The number of rotatable bonds is 5. The molecule has 1 aromatic carbocycles. The number of pyridine rings is 1. The lowest BCUT2D eigenvalue weighted by Crippen LogP contribution is -2.52. The normalized spacial score (nSPS) is 17.6. The molecule has 1 saturated heterocycles. The number of hydrogen-bond donors (Lipinski definition) is 2. The zero-order chi connectivity index (χ0) is 22.9. The van der Waals surface area contributed by atoms with Gasteiger partial charge in [0.2, 0.25) is 11.8 Å². The number of carbonyl (C=O) groups excluding carboxylic acids is 4. The average Bonchev–Trinajstić information content (AvgIpc) is 3.46. The van der Waals surface area contributed by atoms with Crippen LogP contribution in [-0.4, -0.2) is 49.3 Å². The lowest BCUT2D eigenvalue weighted by atomic mass is 10.0. The second-order valence-corrected chi connectivity index (χ2v) is 7.91. The van der Waals surface area contributed by atoms with E-state index in [2.05, 4.69) is 20.7 Å². The molecule has 0 bridgehead atoms. The summed E-state index contributed by atoms with van der Waals surface area (Å²) in [6, 6.07) is 11.6. The van der Waals surface area contributed by atoms with Gasteiger partial charge in [0, 0.05) is 37.5 Å². The molecule has 166 valence electrons.